The number of nitrogens with zero attached hydrogens (tertiary/aromatic N) is 2. The van der Waals surface area contributed by atoms with E-state index in [2.05, 4.69) is 33.6 Å². The lowest BCUT2D eigenvalue weighted by atomic mass is 9.99. The molecule has 0 radical (unpaired) electrons. The van der Waals surface area contributed by atoms with E-state index in [4.69, 9.17) is 4.42 Å². The molecule has 28 heavy (non-hydrogen) atoms. The monoisotopic (exact) mass is 506 g/mol. The number of hydrogen-bond donors (Lipinski definition) is 0. The molecule has 8 heteroatoms. The van der Waals surface area contributed by atoms with Crippen LogP contribution in [-0.4, -0.2) is 19.2 Å². The first-order chi connectivity index (χ1) is 13.3. The van der Waals surface area contributed by atoms with Crippen LogP contribution < -0.4 is 5.43 Å². The molecule has 0 aliphatic heterocycles. The van der Waals surface area contributed by atoms with E-state index in [1.54, 1.807) is 18.2 Å². The van der Waals surface area contributed by atoms with Crippen molar-refractivity contribution in [2.45, 2.75) is 30.1 Å². The lowest BCUT2D eigenvalue weighted by Gasteiger charge is -2.13. The first kappa shape index (κ1) is 19.1. The Balaban J connectivity index is 1.99. The average Bonchev–Trinajstić information content (AvgIpc) is 3.49. The summed E-state index contributed by atoms with van der Waals surface area (Å²) in [5, 5.41) is 9.80. The van der Waals surface area contributed by atoms with Crippen molar-refractivity contribution in [3.05, 3.63) is 56.1 Å². The van der Waals surface area contributed by atoms with Crippen LogP contribution in [0.1, 0.15) is 25.3 Å². The molecular weight excluding hydrogens is 491 g/mol. The van der Waals surface area contributed by atoms with Gasteiger partial charge in [0.1, 0.15) is 11.8 Å². The topological polar surface area (TPSA) is 101 Å². The molecular formula is C20H15IN2O4S. The molecule has 1 aliphatic rings. The molecule has 4 rings (SSSR count). The number of hydrogen-bond acceptors (Lipinski definition) is 6. The van der Waals surface area contributed by atoms with Crippen LogP contribution in [0.3, 0.4) is 0 Å². The third-order valence-electron chi connectivity index (χ3n) is 5.08. The lowest BCUT2D eigenvalue weighted by molar-refractivity contribution is 0.596. The first-order valence-electron chi connectivity index (χ1n) is 8.67. The summed E-state index contributed by atoms with van der Waals surface area (Å²) in [7, 11) is -3.67. The van der Waals surface area contributed by atoms with E-state index in [-0.39, 0.29) is 27.3 Å². The van der Waals surface area contributed by atoms with Gasteiger partial charge in [-0.2, -0.15) is 5.26 Å². The summed E-state index contributed by atoms with van der Waals surface area (Å²) in [6, 6.07) is 8.93. The third-order valence-corrected chi connectivity index (χ3v) is 7.49. The maximum atomic E-state index is 13.0. The molecule has 1 aliphatic carbocycles. The highest BCUT2D eigenvalue weighted by atomic mass is 127. The Morgan fingerprint density at radius 2 is 2.07 bits per heavy atom. The highest BCUT2D eigenvalue weighted by Crippen LogP contribution is 2.48. The fraction of sp³-hybridized carbons (Fsp3) is 0.250. The Bertz CT molecular complexity index is 1320. The van der Waals surface area contributed by atoms with E-state index in [0.717, 1.165) is 3.57 Å². The van der Waals surface area contributed by atoms with Crippen LogP contribution in [0.5, 0.6) is 0 Å². The molecule has 0 saturated heterocycles. The molecule has 0 atom stereocenters. The summed E-state index contributed by atoms with van der Waals surface area (Å²) in [5.41, 5.74) is 0.146. The van der Waals surface area contributed by atoms with Gasteiger partial charge in [-0.25, -0.2) is 8.42 Å². The lowest BCUT2D eigenvalue weighted by Crippen LogP contribution is -2.14. The normalized spacial score (nSPS) is 15.3. The van der Waals surface area contributed by atoms with E-state index >= 15 is 0 Å². The minimum absolute atomic E-state index is 0.0359. The maximum Gasteiger partial charge on any atom is 0.202 e. The summed E-state index contributed by atoms with van der Waals surface area (Å²) < 4.78 is 32.0. The Labute approximate surface area is 175 Å². The number of halogens is 1. The van der Waals surface area contributed by atoms with Crippen LogP contribution in [0.25, 0.3) is 22.2 Å². The number of fused-ring (bicyclic) bond motifs is 1. The van der Waals surface area contributed by atoms with Crippen molar-refractivity contribution in [2.75, 3.05) is 5.75 Å². The highest BCUT2D eigenvalue weighted by Gasteiger charge is 2.46. The molecule has 0 spiro atoms. The van der Waals surface area contributed by atoms with Crippen LogP contribution in [0.15, 0.2) is 50.8 Å². The molecule has 0 amide bonds. The van der Waals surface area contributed by atoms with E-state index in [9.17, 15) is 18.5 Å². The number of pyridine rings is 1. The van der Waals surface area contributed by atoms with Crippen LogP contribution in [0.4, 0.5) is 0 Å². The maximum absolute atomic E-state index is 13.0. The van der Waals surface area contributed by atoms with Crippen molar-refractivity contribution in [1.82, 2.24) is 4.98 Å². The Morgan fingerprint density at radius 1 is 1.32 bits per heavy atom. The van der Waals surface area contributed by atoms with Crippen LogP contribution in [-0.2, 0) is 15.3 Å². The van der Waals surface area contributed by atoms with Crippen molar-refractivity contribution < 1.29 is 12.8 Å². The summed E-state index contributed by atoms with van der Waals surface area (Å²) in [6.45, 7) is 1.54. The Kier molecular flexibility index (Phi) is 4.55. The summed E-state index contributed by atoms with van der Waals surface area (Å²) >= 11 is 2.12. The highest BCUT2D eigenvalue weighted by molar-refractivity contribution is 14.1. The fourth-order valence-corrected chi connectivity index (χ4v) is 4.69. The number of rotatable bonds is 4. The SMILES string of the molecule is CCS(=O)(=O)c1cc(C2(C#N)CC2)cnc1-c1coc2cc(I)ccc2c1=O. The fourth-order valence-electron chi connectivity index (χ4n) is 3.16. The molecule has 6 nitrogen and oxygen atoms in total. The van der Waals surface area contributed by atoms with Gasteiger partial charge in [-0.15, -0.1) is 0 Å². The molecule has 142 valence electrons. The zero-order chi connectivity index (χ0) is 20.1. The molecule has 1 saturated carbocycles. The van der Waals surface area contributed by atoms with Crippen LogP contribution in [0.2, 0.25) is 0 Å². The first-order valence-corrected chi connectivity index (χ1v) is 11.4. The predicted octanol–water partition coefficient (Wildman–Crippen LogP) is 3.81. The van der Waals surface area contributed by atoms with E-state index < -0.39 is 15.3 Å². The second-order valence-corrected chi connectivity index (χ2v) is 10.3. The number of nitriles is 1. The molecule has 0 bridgehead atoms. The van der Waals surface area contributed by atoms with Crippen molar-refractivity contribution in [2.24, 2.45) is 0 Å². The molecule has 2 aromatic heterocycles. The molecule has 2 heterocycles. The van der Waals surface area contributed by atoms with Gasteiger partial charge in [0.15, 0.2) is 9.84 Å². The molecule has 0 N–H and O–H groups in total. The van der Waals surface area contributed by atoms with Crippen molar-refractivity contribution in [1.29, 1.82) is 5.26 Å². The van der Waals surface area contributed by atoms with Gasteiger partial charge in [0.2, 0.25) is 5.43 Å². The Hall–Kier alpha value is -2.25. The predicted molar refractivity (Wildman–Crippen MR) is 113 cm³/mol. The van der Waals surface area contributed by atoms with Crippen molar-refractivity contribution >= 4 is 43.4 Å². The minimum Gasteiger partial charge on any atom is -0.463 e. The summed E-state index contributed by atoms with van der Waals surface area (Å²) in [5.74, 6) is -0.137. The third kappa shape index (κ3) is 3.02. The van der Waals surface area contributed by atoms with Gasteiger partial charge in [0.25, 0.3) is 0 Å². The van der Waals surface area contributed by atoms with Gasteiger partial charge < -0.3 is 4.42 Å². The quantitative estimate of drug-likeness (QED) is 0.499. The van der Waals surface area contributed by atoms with Crippen molar-refractivity contribution in [3.8, 4) is 17.3 Å². The van der Waals surface area contributed by atoms with Crippen LogP contribution >= 0.6 is 22.6 Å². The second kappa shape index (κ2) is 6.67. The zero-order valence-corrected chi connectivity index (χ0v) is 17.9. The van der Waals surface area contributed by atoms with E-state index in [0.29, 0.717) is 29.4 Å². The molecule has 3 aromatic rings. The Morgan fingerprint density at radius 3 is 2.71 bits per heavy atom. The minimum atomic E-state index is -3.67. The molecule has 1 fully saturated rings. The van der Waals surface area contributed by atoms with Crippen LogP contribution in [0, 0.1) is 14.9 Å². The number of aromatic nitrogens is 1. The van der Waals surface area contributed by atoms with Gasteiger partial charge in [-0.05, 0) is 65.3 Å². The standard InChI is InChI=1S/C20H15IN2O4S/c1-2-28(25,26)17-7-12(20(11-22)5-6-20)9-23-18(17)15-10-27-16-8-13(21)3-4-14(16)19(15)24/h3-4,7-10H,2,5-6H2,1H3. The van der Waals surface area contributed by atoms with Gasteiger partial charge in [0.05, 0.1) is 38.8 Å². The van der Waals surface area contributed by atoms with E-state index in [1.165, 1.54) is 25.5 Å². The van der Waals surface area contributed by atoms with E-state index in [1.807, 2.05) is 0 Å². The smallest absolute Gasteiger partial charge is 0.202 e. The van der Waals surface area contributed by atoms with Gasteiger partial charge >= 0.3 is 0 Å². The van der Waals surface area contributed by atoms with Gasteiger partial charge in [-0.1, -0.05) is 6.92 Å². The van der Waals surface area contributed by atoms with Gasteiger partial charge in [-0.3, -0.25) is 9.78 Å². The summed E-state index contributed by atoms with van der Waals surface area (Å²) in [4.78, 5) is 17.3. The molecule has 1 aromatic carbocycles. The average molecular weight is 506 g/mol. The number of benzene rings is 1. The molecule has 0 unspecified atom stereocenters. The van der Waals surface area contributed by atoms with Crippen molar-refractivity contribution in [3.63, 3.8) is 0 Å². The second-order valence-electron chi connectivity index (χ2n) is 6.79. The number of sulfone groups is 1. The van der Waals surface area contributed by atoms with Gasteiger partial charge in [0, 0.05) is 9.77 Å². The zero-order valence-electron chi connectivity index (χ0n) is 14.9. The largest absolute Gasteiger partial charge is 0.463 e. The summed E-state index contributed by atoms with van der Waals surface area (Å²) in [6.07, 6.45) is 4.10.